The third kappa shape index (κ3) is 12.2. The first-order valence-corrected chi connectivity index (χ1v) is 9.75. The molecule has 2 atom stereocenters. The van der Waals surface area contributed by atoms with Crippen molar-refractivity contribution in [3.8, 4) is 0 Å². The van der Waals surface area contributed by atoms with E-state index in [9.17, 15) is 0 Å². The van der Waals surface area contributed by atoms with Gasteiger partial charge in [-0.1, -0.05) is 77.8 Å². The van der Waals surface area contributed by atoms with Crippen LogP contribution in [0.25, 0.3) is 0 Å². The molecule has 2 unspecified atom stereocenters. The highest BCUT2D eigenvalue weighted by atomic mass is 127. The normalized spacial score (nSPS) is 15.0. The molecule has 0 aromatic rings. The van der Waals surface area contributed by atoms with Crippen LogP contribution in [0.3, 0.4) is 0 Å². The van der Waals surface area contributed by atoms with Crippen molar-refractivity contribution in [2.45, 2.75) is 74.0 Å². The Morgan fingerprint density at radius 3 is 2.31 bits per heavy atom. The van der Waals surface area contributed by atoms with Gasteiger partial charge in [-0.2, -0.15) is 0 Å². The first-order valence-electron chi connectivity index (χ1n) is 6.54. The third-order valence-electron chi connectivity index (χ3n) is 2.82. The molecule has 0 nitrogen and oxygen atoms in total. The van der Waals surface area contributed by atoms with E-state index < -0.39 is 0 Å². The lowest BCUT2D eigenvalue weighted by Gasteiger charge is -2.12. The lowest BCUT2D eigenvalue weighted by molar-refractivity contribution is 0.572. The second kappa shape index (κ2) is 13.2. The fraction of sp³-hybridized carbons (Fsp3) is 1.00. The second-order valence-corrected chi connectivity index (χ2v) is 7.91. The van der Waals surface area contributed by atoms with Gasteiger partial charge in [0, 0.05) is 9.30 Å². The number of rotatable bonds is 11. The van der Waals surface area contributed by atoms with Crippen molar-refractivity contribution >= 4 is 56.8 Å². The smallest absolute Gasteiger partial charge is 0.0336 e. The van der Waals surface area contributed by atoms with Crippen molar-refractivity contribution in [2.75, 3.05) is 4.43 Å². The average Bonchev–Trinajstić information content (AvgIpc) is 2.29. The number of unbranched alkanes of at least 4 members (excludes halogenated alkanes) is 3. The molecule has 0 aliphatic carbocycles. The summed E-state index contributed by atoms with van der Waals surface area (Å²) in [5.74, 6) is 0. The molecular formula is C13H25ClI2. The molecule has 0 saturated carbocycles. The predicted octanol–water partition coefficient (Wildman–Crippen LogP) is 6.36. The Bertz CT molecular complexity index is 142. The minimum absolute atomic E-state index is 0.425. The van der Waals surface area contributed by atoms with Gasteiger partial charge in [-0.05, 0) is 36.5 Å². The van der Waals surface area contributed by atoms with Gasteiger partial charge in [-0.3, -0.25) is 0 Å². The number of hydrogen-bond acceptors (Lipinski definition) is 0. The summed E-state index contributed by atoms with van der Waals surface area (Å²) in [7, 11) is 0. The van der Waals surface area contributed by atoms with Gasteiger partial charge >= 0.3 is 0 Å². The fourth-order valence-corrected chi connectivity index (χ4v) is 3.26. The van der Waals surface area contributed by atoms with E-state index in [-0.39, 0.29) is 0 Å². The monoisotopic (exact) mass is 470 g/mol. The lowest BCUT2D eigenvalue weighted by Crippen LogP contribution is -2.05. The molecule has 98 valence electrons. The van der Waals surface area contributed by atoms with Crippen LogP contribution in [-0.2, 0) is 0 Å². The fourth-order valence-electron chi connectivity index (χ4n) is 1.74. The molecule has 0 aliphatic heterocycles. The quantitative estimate of drug-likeness (QED) is 0.187. The van der Waals surface area contributed by atoms with Crippen molar-refractivity contribution in [1.82, 2.24) is 0 Å². The topological polar surface area (TPSA) is 0 Å². The molecule has 0 N–H and O–H groups in total. The van der Waals surface area contributed by atoms with E-state index in [0.29, 0.717) is 5.38 Å². The Morgan fingerprint density at radius 2 is 1.69 bits per heavy atom. The van der Waals surface area contributed by atoms with Crippen molar-refractivity contribution in [3.05, 3.63) is 0 Å². The Kier molecular flexibility index (Phi) is 14.6. The van der Waals surface area contributed by atoms with E-state index in [1.54, 1.807) is 0 Å². The lowest BCUT2D eigenvalue weighted by atomic mass is 10.1. The summed E-state index contributed by atoms with van der Waals surface area (Å²) in [4.78, 5) is 0. The van der Waals surface area contributed by atoms with Crippen LogP contribution >= 0.6 is 56.8 Å². The number of halogens is 3. The second-order valence-electron chi connectivity index (χ2n) is 4.45. The van der Waals surface area contributed by atoms with Crippen molar-refractivity contribution < 1.29 is 0 Å². The highest BCUT2D eigenvalue weighted by Crippen LogP contribution is 2.21. The molecule has 0 radical (unpaired) electrons. The van der Waals surface area contributed by atoms with Crippen LogP contribution in [0.4, 0.5) is 0 Å². The van der Waals surface area contributed by atoms with Gasteiger partial charge in [0.15, 0.2) is 0 Å². The van der Waals surface area contributed by atoms with E-state index in [2.05, 4.69) is 52.1 Å². The largest absolute Gasteiger partial charge is 0.123 e. The van der Waals surface area contributed by atoms with Gasteiger partial charge < -0.3 is 0 Å². The Labute approximate surface area is 134 Å². The van der Waals surface area contributed by atoms with Gasteiger partial charge in [0.2, 0.25) is 0 Å². The minimum atomic E-state index is 0.425. The summed E-state index contributed by atoms with van der Waals surface area (Å²) in [5.41, 5.74) is 0. The van der Waals surface area contributed by atoms with Crippen molar-refractivity contribution in [3.63, 3.8) is 0 Å². The third-order valence-corrected chi connectivity index (χ3v) is 5.26. The summed E-state index contributed by atoms with van der Waals surface area (Å²) < 4.78 is 2.13. The molecule has 0 rings (SSSR count). The van der Waals surface area contributed by atoms with Crippen LogP contribution in [0, 0.1) is 0 Å². The average molecular weight is 471 g/mol. The number of alkyl halides is 3. The Hall–Kier alpha value is 1.75. The van der Waals surface area contributed by atoms with Gasteiger partial charge in [0.05, 0.1) is 0 Å². The molecule has 0 aromatic carbocycles. The number of hydrogen-bond donors (Lipinski definition) is 0. The van der Waals surface area contributed by atoms with Gasteiger partial charge in [0.1, 0.15) is 0 Å². The summed E-state index contributed by atoms with van der Waals surface area (Å²) >= 11 is 11.4. The van der Waals surface area contributed by atoms with Gasteiger partial charge in [-0.15, -0.1) is 11.6 Å². The summed E-state index contributed by atoms with van der Waals surface area (Å²) in [6, 6.07) is 0. The maximum absolute atomic E-state index is 6.33. The zero-order valence-corrected chi connectivity index (χ0v) is 15.4. The van der Waals surface area contributed by atoms with E-state index in [1.807, 2.05) is 0 Å². The van der Waals surface area contributed by atoms with E-state index >= 15 is 0 Å². The first-order chi connectivity index (χ1) is 7.70. The zero-order valence-electron chi connectivity index (χ0n) is 10.4. The maximum atomic E-state index is 6.33. The van der Waals surface area contributed by atoms with Crippen LogP contribution in [0.5, 0.6) is 0 Å². The summed E-state index contributed by atoms with van der Waals surface area (Å²) in [5, 5.41) is 0.425. The molecule has 0 amide bonds. The van der Waals surface area contributed by atoms with Crippen LogP contribution in [0.15, 0.2) is 0 Å². The molecule has 0 bridgehead atoms. The van der Waals surface area contributed by atoms with Crippen LogP contribution in [0.2, 0.25) is 0 Å². The van der Waals surface area contributed by atoms with E-state index in [4.69, 9.17) is 11.6 Å². The maximum Gasteiger partial charge on any atom is 0.0336 e. The van der Waals surface area contributed by atoms with Gasteiger partial charge in [0.25, 0.3) is 0 Å². The van der Waals surface area contributed by atoms with Gasteiger partial charge in [-0.25, -0.2) is 0 Å². The summed E-state index contributed by atoms with van der Waals surface area (Å²) in [6.07, 6.45) is 11.8. The van der Waals surface area contributed by atoms with Crippen molar-refractivity contribution in [2.24, 2.45) is 0 Å². The zero-order chi connectivity index (χ0) is 12.2. The van der Waals surface area contributed by atoms with Crippen LogP contribution in [-0.4, -0.2) is 13.7 Å². The van der Waals surface area contributed by atoms with Crippen LogP contribution < -0.4 is 0 Å². The highest BCUT2D eigenvalue weighted by molar-refractivity contribution is 14.1. The standard InChI is InChI=1S/C13H25ClI2/c1-2-3-4-5-7-12(14)9-10-13(16)8-6-11-15/h12-13H,2-11H2,1H3. The molecule has 0 aromatic heterocycles. The highest BCUT2D eigenvalue weighted by Gasteiger charge is 2.08. The van der Waals surface area contributed by atoms with Crippen molar-refractivity contribution in [1.29, 1.82) is 0 Å². The molecule has 0 heterocycles. The molecule has 16 heavy (non-hydrogen) atoms. The molecule has 0 aliphatic rings. The predicted molar refractivity (Wildman–Crippen MR) is 93.6 cm³/mol. The van der Waals surface area contributed by atoms with E-state index in [0.717, 1.165) is 3.92 Å². The minimum Gasteiger partial charge on any atom is -0.123 e. The molecule has 0 spiro atoms. The Balaban J connectivity index is 3.31. The summed E-state index contributed by atoms with van der Waals surface area (Å²) in [6.45, 7) is 2.26. The molecular weight excluding hydrogens is 445 g/mol. The molecule has 0 saturated heterocycles. The van der Waals surface area contributed by atoms with Crippen LogP contribution in [0.1, 0.15) is 64.7 Å². The first kappa shape index (κ1) is 17.8. The van der Waals surface area contributed by atoms with E-state index in [1.165, 1.54) is 62.2 Å². The molecule has 0 fully saturated rings. The SMILES string of the molecule is CCCCCCC(Cl)CCC(I)CCCI. The molecule has 3 heteroatoms. The Morgan fingerprint density at radius 1 is 0.938 bits per heavy atom.